The highest BCUT2D eigenvalue weighted by Gasteiger charge is 2.35. The van der Waals surface area contributed by atoms with Crippen LogP contribution in [-0.2, 0) is 10.5 Å². The molecule has 5 heteroatoms. The zero-order valence-corrected chi connectivity index (χ0v) is 9.71. The largest absolute Gasteiger partial charge is 0.501 e. The monoisotopic (exact) mass is 272 g/mol. The Morgan fingerprint density at radius 2 is 2.40 bits per heavy atom. The van der Waals surface area contributed by atoms with Gasteiger partial charge in [-0.15, -0.1) is 0 Å². The smallest absolute Gasteiger partial charge is 0.209 e. The molecule has 1 heterocycles. The van der Waals surface area contributed by atoms with Crippen LogP contribution in [0, 0.1) is 0 Å². The average molecular weight is 273 g/mol. The van der Waals surface area contributed by atoms with E-state index in [4.69, 9.17) is 10.5 Å². The molecule has 0 aliphatic heterocycles. The van der Waals surface area contributed by atoms with E-state index in [0.717, 1.165) is 4.47 Å². The van der Waals surface area contributed by atoms with E-state index in [2.05, 4.69) is 20.9 Å². The van der Waals surface area contributed by atoms with Crippen molar-refractivity contribution >= 4 is 22.0 Å². The summed E-state index contributed by atoms with van der Waals surface area (Å²) in [6.45, 7) is 0. The normalized spacial score (nSPS) is 24.4. The van der Waals surface area contributed by atoms with Gasteiger partial charge in [0.25, 0.3) is 0 Å². The van der Waals surface area contributed by atoms with Gasteiger partial charge in [0.05, 0.1) is 19.2 Å². The molecule has 0 saturated carbocycles. The van der Waals surface area contributed by atoms with Crippen LogP contribution in [0.1, 0.15) is 17.7 Å². The number of aromatic nitrogens is 1. The number of halogens is 2. The van der Waals surface area contributed by atoms with E-state index in [1.54, 1.807) is 12.1 Å². The minimum absolute atomic E-state index is 0.0190. The van der Waals surface area contributed by atoms with Gasteiger partial charge in [-0.3, -0.25) is 10.7 Å². The molecule has 1 aromatic heterocycles. The number of fused-ring (bicyclic) bond motifs is 1. The Labute approximate surface area is 95.3 Å². The molecule has 3 nitrogen and oxygen atoms in total. The lowest BCUT2D eigenvalue weighted by Crippen LogP contribution is -2.35. The van der Waals surface area contributed by atoms with Gasteiger partial charge in [0.15, 0.2) is 0 Å². The summed E-state index contributed by atoms with van der Waals surface area (Å²) in [5.41, 5.74) is 6.45. The number of nitrogens with two attached hydrogens (primary N) is 1. The topological polar surface area (TPSA) is 48.1 Å². The van der Waals surface area contributed by atoms with Crippen LogP contribution in [0.3, 0.4) is 0 Å². The van der Waals surface area contributed by atoms with Crippen molar-refractivity contribution in [2.24, 2.45) is 5.73 Å². The quantitative estimate of drug-likeness (QED) is 0.799. The molecule has 0 bridgehead atoms. The van der Waals surface area contributed by atoms with E-state index in [1.807, 2.05) is 0 Å². The Morgan fingerprint density at radius 1 is 1.67 bits per heavy atom. The number of methoxy groups -OCH3 is 1. The lowest BCUT2D eigenvalue weighted by atomic mass is 9.95. The fourth-order valence-corrected chi connectivity index (χ4v) is 1.95. The van der Waals surface area contributed by atoms with Crippen LogP contribution in [0.5, 0.6) is 0 Å². The molecule has 2 N–H and O–H groups in total. The van der Waals surface area contributed by atoms with Crippen molar-refractivity contribution in [3.05, 3.63) is 33.8 Å². The van der Waals surface area contributed by atoms with Gasteiger partial charge in [-0.1, -0.05) is 0 Å². The first-order valence-electron chi connectivity index (χ1n) is 4.41. The molecular weight excluding hydrogens is 263 g/mol. The molecular formula is C10H10BrFN2O. The van der Waals surface area contributed by atoms with Gasteiger partial charge in [-0.05, 0) is 28.1 Å². The Hall–Kier alpha value is -0.940. The number of rotatable bonds is 1. The third-order valence-corrected chi connectivity index (χ3v) is 2.72. The molecule has 0 fully saturated rings. The molecule has 1 aliphatic carbocycles. The summed E-state index contributed by atoms with van der Waals surface area (Å²) in [4.78, 5) is 3.99. The van der Waals surface area contributed by atoms with Gasteiger partial charge in [0, 0.05) is 16.2 Å². The van der Waals surface area contributed by atoms with E-state index in [0.29, 0.717) is 11.3 Å². The number of nitrogens with zero attached hydrogens (tertiary/aromatic N) is 1. The lowest BCUT2D eigenvalue weighted by Gasteiger charge is -2.26. The summed E-state index contributed by atoms with van der Waals surface area (Å²) in [7, 11) is 1.50. The lowest BCUT2D eigenvalue weighted by molar-refractivity contribution is 0.131. The number of alkyl halides is 1. The van der Waals surface area contributed by atoms with Crippen molar-refractivity contribution in [3.63, 3.8) is 0 Å². The summed E-state index contributed by atoms with van der Waals surface area (Å²) in [6.07, 6.45) is 3.30. The zero-order chi connectivity index (χ0) is 11.1. The van der Waals surface area contributed by atoms with Crippen molar-refractivity contribution in [1.82, 2.24) is 4.98 Å². The third kappa shape index (κ3) is 1.89. The molecule has 0 amide bonds. The van der Waals surface area contributed by atoms with Crippen molar-refractivity contribution in [3.8, 4) is 0 Å². The molecule has 1 aromatic rings. The Kier molecular flexibility index (Phi) is 2.52. The van der Waals surface area contributed by atoms with Gasteiger partial charge >= 0.3 is 0 Å². The predicted octanol–water partition coefficient (Wildman–Crippen LogP) is 2.32. The summed E-state index contributed by atoms with van der Waals surface area (Å²) in [5.74, 6) is -1.43. The van der Waals surface area contributed by atoms with E-state index in [9.17, 15) is 4.39 Å². The highest BCUT2D eigenvalue weighted by Crippen LogP contribution is 2.35. The van der Waals surface area contributed by atoms with E-state index >= 15 is 0 Å². The van der Waals surface area contributed by atoms with Crippen LogP contribution in [-0.4, -0.2) is 12.1 Å². The van der Waals surface area contributed by atoms with Crippen LogP contribution < -0.4 is 5.73 Å². The van der Waals surface area contributed by atoms with Gasteiger partial charge in [0.1, 0.15) is 5.76 Å². The molecule has 1 aliphatic rings. The second-order valence-corrected chi connectivity index (χ2v) is 4.36. The first kappa shape index (κ1) is 10.6. The Balaban J connectivity index is 2.58. The highest BCUT2D eigenvalue weighted by molar-refractivity contribution is 9.10. The molecule has 80 valence electrons. The summed E-state index contributed by atoms with van der Waals surface area (Å²) in [6, 6.07) is 1.77. The molecule has 0 radical (unpaired) electrons. The molecule has 2 rings (SSSR count). The molecule has 0 spiro atoms. The first-order valence-corrected chi connectivity index (χ1v) is 5.20. The van der Waals surface area contributed by atoms with Gasteiger partial charge in [0.2, 0.25) is 5.79 Å². The Bertz CT molecular complexity index is 431. The number of hydrogen-bond donors (Lipinski definition) is 1. The van der Waals surface area contributed by atoms with Crippen molar-refractivity contribution in [1.29, 1.82) is 0 Å². The average Bonchev–Trinajstić information content (AvgIpc) is 2.15. The fourth-order valence-electron chi connectivity index (χ4n) is 1.61. The summed E-state index contributed by atoms with van der Waals surface area (Å²) >= 11 is 3.27. The number of ether oxygens (including phenoxy) is 1. The highest BCUT2D eigenvalue weighted by atomic mass is 79.9. The van der Waals surface area contributed by atoms with Gasteiger partial charge < -0.3 is 4.74 Å². The molecule has 1 unspecified atom stereocenters. The van der Waals surface area contributed by atoms with Crippen LogP contribution in [0.2, 0.25) is 0 Å². The maximum atomic E-state index is 14.0. The Morgan fingerprint density at radius 3 is 3.07 bits per heavy atom. The second-order valence-electron chi connectivity index (χ2n) is 3.45. The van der Waals surface area contributed by atoms with E-state index in [1.165, 1.54) is 13.3 Å². The van der Waals surface area contributed by atoms with Crippen molar-refractivity contribution in [2.45, 2.75) is 12.2 Å². The summed E-state index contributed by atoms with van der Waals surface area (Å²) < 4.78 is 19.8. The van der Waals surface area contributed by atoms with E-state index < -0.39 is 5.79 Å². The maximum absolute atomic E-state index is 14.0. The van der Waals surface area contributed by atoms with Gasteiger partial charge in [-0.25, -0.2) is 4.39 Å². The predicted molar refractivity (Wildman–Crippen MR) is 58.5 cm³/mol. The number of hydrogen-bond acceptors (Lipinski definition) is 3. The molecule has 0 saturated heterocycles. The molecule has 0 aromatic carbocycles. The molecule has 15 heavy (non-hydrogen) atoms. The minimum Gasteiger partial charge on any atom is -0.501 e. The number of pyridine rings is 1. The standard InChI is InChI=1S/C10H10BrFN2O/c1-15-8-3-6-2-7(11)5-14-9(6)10(12,13)4-8/h2-3,5H,4,13H2,1H3. The SMILES string of the molecule is COC1=Cc2cc(Br)cnc2C(N)(F)C1. The van der Waals surface area contributed by atoms with Crippen LogP contribution in [0.15, 0.2) is 22.5 Å². The van der Waals surface area contributed by atoms with E-state index in [-0.39, 0.29) is 12.1 Å². The zero-order valence-electron chi connectivity index (χ0n) is 8.13. The second kappa shape index (κ2) is 3.57. The van der Waals surface area contributed by atoms with Crippen LogP contribution in [0.4, 0.5) is 4.39 Å². The van der Waals surface area contributed by atoms with Crippen molar-refractivity contribution in [2.75, 3.05) is 7.11 Å². The van der Waals surface area contributed by atoms with Gasteiger partial charge in [-0.2, -0.15) is 0 Å². The van der Waals surface area contributed by atoms with Crippen LogP contribution in [0.25, 0.3) is 6.08 Å². The fraction of sp³-hybridized carbons (Fsp3) is 0.300. The molecule has 1 atom stereocenters. The summed E-state index contributed by atoms with van der Waals surface area (Å²) in [5, 5.41) is 0. The van der Waals surface area contributed by atoms with Crippen LogP contribution >= 0.6 is 15.9 Å². The minimum atomic E-state index is -1.95. The third-order valence-electron chi connectivity index (χ3n) is 2.29. The first-order chi connectivity index (χ1) is 7.03. The maximum Gasteiger partial charge on any atom is 0.209 e. The van der Waals surface area contributed by atoms with Crippen molar-refractivity contribution < 1.29 is 9.13 Å².